The van der Waals surface area contributed by atoms with Crippen molar-refractivity contribution >= 4 is 23.4 Å². The highest BCUT2D eigenvalue weighted by atomic mass is 35.5. The van der Waals surface area contributed by atoms with E-state index in [1.807, 2.05) is 24.3 Å². The third-order valence-corrected chi connectivity index (χ3v) is 5.87. The van der Waals surface area contributed by atoms with Crippen LogP contribution < -0.4 is 4.74 Å². The zero-order valence-electron chi connectivity index (χ0n) is 15.1. The molecule has 1 saturated carbocycles. The van der Waals surface area contributed by atoms with Gasteiger partial charge in [0.05, 0.1) is 5.02 Å². The molecular weight excluding hydrogens is 378 g/mol. The molecule has 1 heterocycles. The van der Waals surface area contributed by atoms with Crippen LogP contribution in [0, 0.1) is 0 Å². The number of aryl methyl sites for hydroxylation is 1. The fourth-order valence-corrected chi connectivity index (χ4v) is 4.15. The van der Waals surface area contributed by atoms with Gasteiger partial charge in [-0.05, 0) is 43.4 Å². The number of benzene rings is 2. The Bertz CT molecular complexity index is 880. The number of ether oxygens (including phenoxy) is 1. The van der Waals surface area contributed by atoms with Crippen molar-refractivity contribution in [2.75, 3.05) is 5.75 Å². The molecule has 140 valence electrons. The SMILES string of the molecule is Clc1ccccc1OCc1nnc(SCCCc2ccccc2)n1C1CC1. The Morgan fingerprint density at radius 2 is 1.81 bits per heavy atom. The van der Waals surface area contributed by atoms with Gasteiger partial charge in [-0.25, -0.2) is 0 Å². The van der Waals surface area contributed by atoms with E-state index < -0.39 is 0 Å². The van der Waals surface area contributed by atoms with Crippen LogP contribution in [0.1, 0.15) is 36.7 Å². The Morgan fingerprint density at radius 3 is 2.59 bits per heavy atom. The van der Waals surface area contributed by atoms with Crippen LogP contribution in [-0.2, 0) is 13.0 Å². The zero-order valence-corrected chi connectivity index (χ0v) is 16.6. The zero-order chi connectivity index (χ0) is 18.5. The van der Waals surface area contributed by atoms with E-state index in [1.54, 1.807) is 11.8 Å². The second-order valence-electron chi connectivity index (χ2n) is 6.66. The number of hydrogen-bond acceptors (Lipinski definition) is 4. The molecule has 0 unspecified atom stereocenters. The highest BCUT2D eigenvalue weighted by Gasteiger charge is 2.29. The summed E-state index contributed by atoms with van der Waals surface area (Å²) in [4.78, 5) is 0. The first-order valence-corrected chi connectivity index (χ1v) is 10.7. The van der Waals surface area contributed by atoms with Gasteiger partial charge in [-0.1, -0.05) is 65.8 Å². The summed E-state index contributed by atoms with van der Waals surface area (Å²) < 4.78 is 8.13. The van der Waals surface area contributed by atoms with E-state index in [4.69, 9.17) is 16.3 Å². The van der Waals surface area contributed by atoms with Gasteiger partial charge in [-0.3, -0.25) is 0 Å². The molecule has 1 fully saturated rings. The predicted octanol–water partition coefficient (Wildman–Crippen LogP) is 5.57. The number of nitrogens with zero attached hydrogens (tertiary/aromatic N) is 3. The van der Waals surface area contributed by atoms with Crippen molar-refractivity contribution in [3.05, 3.63) is 71.0 Å². The van der Waals surface area contributed by atoms with Gasteiger partial charge in [0.2, 0.25) is 0 Å². The van der Waals surface area contributed by atoms with Gasteiger partial charge in [0, 0.05) is 11.8 Å². The Balaban J connectivity index is 1.35. The molecule has 0 atom stereocenters. The fourth-order valence-electron chi connectivity index (χ4n) is 2.99. The first-order chi connectivity index (χ1) is 13.3. The maximum Gasteiger partial charge on any atom is 0.191 e. The highest BCUT2D eigenvalue weighted by molar-refractivity contribution is 7.99. The van der Waals surface area contributed by atoms with Crippen molar-refractivity contribution < 1.29 is 4.74 Å². The van der Waals surface area contributed by atoms with Gasteiger partial charge < -0.3 is 9.30 Å². The van der Waals surface area contributed by atoms with Crippen molar-refractivity contribution in [3.63, 3.8) is 0 Å². The van der Waals surface area contributed by atoms with Crippen LogP contribution in [0.5, 0.6) is 5.75 Å². The molecule has 4 rings (SSSR count). The molecule has 1 aliphatic rings. The third kappa shape index (κ3) is 4.85. The molecule has 6 heteroatoms. The molecule has 0 aliphatic heterocycles. The second kappa shape index (κ2) is 8.81. The molecule has 1 aliphatic carbocycles. The molecule has 0 bridgehead atoms. The number of para-hydroxylation sites is 1. The second-order valence-corrected chi connectivity index (χ2v) is 8.13. The number of aromatic nitrogens is 3. The summed E-state index contributed by atoms with van der Waals surface area (Å²) in [5.41, 5.74) is 1.38. The first kappa shape index (κ1) is 18.4. The Labute approximate surface area is 168 Å². The average Bonchev–Trinajstić information content (AvgIpc) is 3.46. The molecule has 4 nitrogen and oxygen atoms in total. The molecule has 2 aromatic carbocycles. The molecule has 3 aromatic rings. The molecule has 0 N–H and O–H groups in total. The van der Waals surface area contributed by atoms with E-state index in [0.717, 1.165) is 29.6 Å². The normalized spacial score (nSPS) is 13.7. The van der Waals surface area contributed by atoms with Crippen molar-refractivity contribution in [2.24, 2.45) is 0 Å². The van der Waals surface area contributed by atoms with Crippen LogP contribution in [-0.4, -0.2) is 20.5 Å². The number of rotatable bonds is 9. The number of halogens is 1. The van der Waals surface area contributed by atoms with Gasteiger partial charge in [0.1, 0.15) is 12.4 Å². The summed E-state index contributed by atoms with van der Waals surface area (Å²) in [7, 11) is 0. The lowest BCUT2D eigenvalue weighted by molar-refractivity contribution is 0.288. The van der Waals surface area contributed by atoms with Crippen molar-refractivity contribution in [3.8, 4) is 5.75 Å². The molecule has 0 radical (unpaired) electrons. The average molecular weight is 400 g/mol. The number of thioether (sulfide) groups is 1. The van der Waals surface area contributed by atoms with Crippen LogP contribution in [0.15, 0.2) is 59.8 Å². The van der Waals surface area contributed by atoms with Crippen LogP contribution in [0.25, 0.3) is 0 Å². The minimum atomic E-state index is 0.387. The van der Waals surface area contributed by atoms with Gasteiger partial charge in [0.25, 0.3) is 0 Å². The van der Waals surface area contributed by atoms with E-state index >= 15 is 0 Å². The van der Waals surface area contributed by atoms with Crippen molar-refractivity contribution in [1.29, 1.82) is 0 Å². The van der Waals surface area contributed by atoms with E-state index in [0.29, 0.717) is 23.4 Å². The topological polar surface area (TPSA) is 39.9 Å². The Hall–Kier alpha value is -1.98. The van der Waals surface area contributed by atoms with E-state index in [9.17, 15) is 0 Å². The summed E-state index contributed by atoms with van der Waals surface area (Å²) >= 11 is 7.96. The van der Waals surface area contributed by atoms with Crippen LogP contribution >= 0.6 is 23.4 Å². The van der Waals surface area contributed by atoms with Gasteiger partial charge in [-0.2, -0.15) is 0 Å². The quantitative estimate of drug-likeness (QED) is 0.348. The summed E-state index contributed by atoms with van der Waals surface area (Å²) in [6.45, 7) is 0.387. The lowest BCUT2D eigenvalue weighted by atomic mass is 10.1. The van der Waals surface area contributed by atoms with E-state index in [2.05, 4.69) is 45.1 Å². The molecule has 0 amide bonds. The van der Waals surface area contributed by atoms with Crippen molar-refractivity contribution in [1.82, 2.24) is 14.8 Å². The van der Waals surface area contributed by atoms with Gasteiger partial charge in [-0.15, -0.1) is 10.2 Å². The van der Waals surface area contributed by atoms with Gasteiger partial charge in [0.15, 0.2) is 11.0 Å². The Kier molecular flexibility index (Phi) is 6.00. The fraction of sp³-hybridized carbons (Fsp3) is 0.333. The van der Waals surface area contributed by atoms with E-state index in [-0.39, 0.29) is 0 Å². The minimum Gasteiger partial charge on any atom is -0.484 e. The highest BCUT2D eigenvalue weighted by Crippen LogP contribution is 2.39. The first-order valence-electron chi connectivity index (χ1n) is 9.29. The molecule has 0 spiro atoms. The maximum absolute atomic E-state index is 6.17. The lowest BCUT2D eigenvalue weighted by Crippen LogP contribution is -2.07. The monoisotopic (exact) mass is 399 g/mol. The standard InChI is InChI=1S/C21H22ClN3OS/c22-18-10-4-5-11-19(18)26-15-20-23-24-21(25(20)17-12-13-17)27-14-6-9-16-7-2-1-3-8-16/h1-5,7-8,10-11,17H,6,9,12-15H2. The van der Waals surface area contributed by atoms with Crippen LogP contribution in [0.2, 0.25) is 5.02 Å². The van der Waals surface area contributed by atoms with Gasteiger partial charge >= 0.3 is 0 Å². The van der Waals surface area contributed by atoms with Crippen LogP contribution in [0.4, 0.5) is 0 Å². The summed E-state index contributed by atoms with van der Waals surface area (Å²) in [6.07, 6.45) is 4.59. The van der Waals surface area contributed by atoms with E-state index in [1.165, 1.54) is 18.4 Å². The molecule has 1 aromatic heterocycles. The summed E-state index contributed by atoms with van der Waals surface area (Å²) in [6, 6.07) is 18.6. The smallest absolute Gasteiger partial charge is 0.191 e. The Morgan fingerprint density at radius 1 is 1.04 bits per heavy atom. The lowest BCUT2D eigenvalue weighted by Gasteiger charge is -2.10. The maximum atomic E-state index is 6.17. The predicted molar refractivity (Wildman–Crippen MR) is 110 cm³/mol. The molecule has 0 saturated heterocycles. The summed E-state index contributed by atoms with van der Waals surface area (Å²) in [5.74, 6) is 2.59. The molecular formula is C21H22ClN3OS. The summed E-state index contributed by atoms with van der Waals surface area (Å²) in [5, 5.41) is 10.4. The molecule has 27 heavy (non-hydrogen) atoms. The largest absolute Gasteiger partial charge is 0.484 e. The van der Waals surface area contributed by atoms with Crippen LogP contribution in [0.3, 0.4) is 0 Å². The van der Waals surface area contributed by atoms with Crippen molar-refractivity contribution in [2.45, 2.75) is 43.5 Å². The third-order valence-electron chi connectivity index (χ3n) is 4.52. The minimum absolute atomic E-state index is 0.387. The number of hydrogen-bond donors (Lipinski definition) is 0.